The van der Waals surface area contributed by atoms with Crippen LogP contribution in [0.15, 0.2) is 24.3 Å². The second-order valence-corrected chi connectivity index (χ2v) is 5.56. The number of carboxylic acid groups (broad SMARTS) is 1. The van der Waals surface area contributed by atoms with Gasteiger partial charge in [0.2, 0.25) is 11.8 Å². The van der Waals surface area contributed by atoms with Gasteiger partial charge < -0.3 is 16.2 Å². The van der Waals surface area contributed by atoms with Crippen LogP contribution >= 0.6 is 11.6 Å². The van der Waals surface area contributed by atoms with Crippen LogP contribution in [-0.2, 0) is 19.8 Å². The fraction of sp³-hybridized carbons (Fsp3) is 0.357. The average Bonchev–Trinajstić information content (AvgIpc) is 3.19. The van der Waals surface area contributed by atoms with Crippen molar-refractivity contribution in [3.63, 3.8) is 0 Å². The van der Waals surface area contributed by atoms with Crippen LogP contribution in [0.5, 0.6) is 0 Å². The van der Waals surface area contributed by atoms with Gasteiger partial charge in [-0.1, -0.05) is 23.7 Å². The first kappa shape index (κ1) is 15.3. The predicted octanol–water partition coefficient (Wildman–Crippen LogP) is 0.816. The van der Waals surface area contributed by atoms with Crippen LogP contribution in [0, 0.1) is 0 Å². The number of nitrogens with one attached hydrogen (secondary N) is 1. The summed E-state index contributed by atoms with van der Waals surface area (Å²) in [5, 5.41) is 12.0. The van der Waals surface area contributed by atoms with Gasteiger partial charge in [0.05, 0.1) is 11.8 Å². The Balaban J connectivity index is 2.13. The van der Waals surface area contributed by atoms with Crippen LogP contribution in [0.3, 0.4) is 0 Å². The van der Waals surface area contributed by atoms with E-state index in [9.17, 15) is 14.4 Å². The molecule has 0 heterocycles. The van der Waals surface area contributed by atoms with E-state index in [1.807, 2.05) is 0 Å². The van der Waals surface area contributed by atoms with Gasteiger partial charge in [0, 0.05) is 5.02 Å². The first-order valence-electron chi connectivity index (χ1n) is 6.43. The molecule has 0 radical (unpaired) electrons. The fourth-order valence-corrected chi connectivity index (χ4v) is 2.36. The van der Waals surface area contributed by atoms with Crippen LogP contribution in [0.1, 0.15) is 24.8 Å². The largest absolute Gasteiger partial charge is 0.480 e. The van der Waals surface area contributed by atoms with E-state index < -0.39 is 35.7 Å². The van der Waals surface area contributed by atoms with Gasteiger partial charge in [0.1, 0.15) is 6.04 Å². The highest BCUT2D eigenvalue weighted by Crippen LogP contribution is 2.48. The third kappa shape index (κ3) is 3.33. The number of carboxylic acids is 1. The summed E-state index contributed by atoms with van der Waals surface area (Å²) in [6, 6.07) is 5.56. The minimum Gasteiger partial charge on any atom is -0.480 e. The number of benzene rings is 1. The van der Waals surface area contributed by atoms with E-state index in [4.69, 9.17) is 22.4 Å². The molecule has 1 atom stereocenters. The zero-order chi connectivity index (χ0) is 15.6. The van der Waals surface area contributed by atoms with Crippen molar-refractivity contribution in [2.45, 2.75) is 30.7 Å². The van der Waals surface area contributed by atoms with Crippen LogP contribution in [-0.4, -0.2) is 28.9 Å². The fourth-order valence-electron chi connectivity index (χ4n) is 2.24. The van der Waals surface area contributed by atoms with Crippen molar-refractivity contribution in [1.29, 1.82) is 0 Å². The number of halogens is 1. The van der Waals surface area contributed by atoms with Crippen LogP contribution in [0.4, 0.5) is 0 Å². The number of hydrogen-bond donors (Lipinski definition) is 3. The molecule has 112 valence electrons. The van der Waals surface area contributed by atoms with Crippen molar-refractivity contribution in [2.75, 3.05) is 0 Å². The van der Waals surface area contributed by atoms with E-state index in [-0.39, 0.29) is 0 Å². The molecule has 1 aromatic carbocycles. The molecule has 0 aromatic heterocycles. The highest BCUT2D eigenvalue weighted by molar-refractivity contribution is 6.30. The maximum absolute atomic E-state index is 12.3. The molecule has 21 heavy (non-hydrogen) atoms. The van der Waals surface area contributed by atoms with Crippen molar-refractivity contribution in [3.05, 3.63) is 34.9 Å². The number of primary amides is 1. The number of hydrogen-bond acceptors (Lipinski definition) is 3. The molecular weight excluding hydrogens is 296 g/mol. The first-order chi connectivity index (χ1) is 9.85. The number of carbonyl (C=O) groups is 3. The van der Waals surface area contributed by atoms with Gasteiger partial charge in [-0.15, -0.1) is 0 Å². The van der Waals surface area contributed by atoms with Crippen LogP contribution < -0.4 is 11.1 Å². The molecule has 1 saturated carbocycles. The van der Waals surface area contributed by atoms with Gasteiger partial charge in [-0.2, -0.15) is 0 Å². The number of aliphatic carboxylic acids is 1. The molecule has 1 fully saturated rings. The lowest BCUT2D eigenvalue weighted by Gasteiger charge is -2.19. The molecule has 0 aliphatic heterocycles. The summed E-state index contributed by atoms with van der Waals surface area (Å²) in [5.74, 6) is -2.47. The third-order valence-corrected chi connectivity index (χ3v) is 3.84. The third-order valence-electron chi connectivity index (χ3n) is 3.59. The molecule has 0 spiro atoms. The zero-order valence-corrected chi connectivity index (χ0v) is 11.9. The van der Waals surface area contributed by atoms with Gasteiger partial charge in [0.25, 0.3) is 0 Å². The maximum Gasteiger partial charge on any atom is 0.326 e. The molecule has 1 aliphatic rings. The second-order valence-electron chi connectivity index (χ2n) is 5.12. The minimum absolute atomic E-state index is 0.404. The van der Waals surface area contributed by atoms with E-state index >= 15 is 0 Å². The molecule has 6 nitrogen and oxygen atoms in total. The number of nitrogens with two attached hydrogens (primary N) is 1. The normalized spacial score (nSPS) is 16.8. The highest BCUT2D eigenvalue weighted by atomic mass is 35.5. The lowest BCUT2D eigenvalue weighted by molar-refractivity contribution is -0.143. The second kappa shape index (κ2) is 5.73. The van der Waals surface area contributed by atoms with Gasteiger partial charge in [-0.25, -0.2) is 4.79 Å². The van der Waals surface area contributed by atoms with Crippen LogP contribution in [0.25, 0.3) is 0 Å². The number of carbonyl (C=O) groups excluding carboxylic acids is 2. The molecule has 4 N–H and O–H groups in total. The number of rotatable bonds is 6. The first-order valence-corrected chi connectivity index (χ1v) is 6.81. The molecule has 2 amide bonds. The Bertz CT molecular complexity index is 581. The van der Waals surface area contributed by atoms with Gasteiger partial charge in [0.15, 0.2) is 0 Å². The minimum atomic E-state index is -1.31. The molecule has 0 unspecified atom stereocenters. The van der Waals surface area contributed by atoms with Crippen molar-refractivity contribution in [3.8, 4) is 0 Å². The summed E-state index contributed by atoms with van der Waals surface area (Å²) in [6.07, 6.45) is 0.824. The smallest absolute Gasteiger partial charge is 0.326 e. The Morgan fingerprint density at radius 3 is 2.29 bits per heavy atom. The summed E-state index contributed by atoms with van der Waals surface area (Å²) in [6.45, 7) is 0. The van der Waals surface area contributed by atoms with E-state index in [0.29, 0.717) is 17.9 Å². The molecule has 1 aliphatic carbocycles. The van der Waals surface area contributed by atoms with E-state index in [1.165, 1.54) is 0 Å². The van der Waals surface area contributed by atoms with Gasteiger partial charge in [-0.3, -0.25) is 9.59 Å². The lowest BCUT2D eigenvalue weighted by atomic mass is 9.94. The van der Waals surface area contributed by atoms with Crippen molar-refractivity contribution in [2.24, 2.45) is 5.73 Å². The predicted molar refractivity (Wildman–Crippen MR) is 75.7 cm³/mol. The van der Waals surface area contributed by atoms with Gasteiger partial charge >= 0.3 is 5.97 Å². The summed E-state index contributed by atoms with van der Waals surface area (Å²) in [5.41, 5.74) is 5.05. The van der Waals surface area contributed by atoms with Crippen molar-refractivity contribution in [1.82, 2.24) is 5.32 Å². The topological polar surface area (TPSA) is 109 Å². The number of amides is 2. The SMILES string of the molecule is NC(=O)C[C@H](NC(=O)C1(c2ccc(Cl)cc2)CC1)C(=O)O. The summed E-state index contributed by atoms with van der Waals surface area (Å²) >= 11 is 5.82. The van der Waals surface area contributed by atoms with E-state index in [2.05, 4.69) is 5.32 Å². The van der Waals surface area contributed by atoms with Crippen LogP contribution in [0.2, 0.25) is 5.02 Å². The molecule has 0 bridgehead atoms. The Morgan fingerprint density at radius 1 is 1.29 bits per heavy atom. The summed E-state index contributed by atoms with van der Waals surface area (Å²) < 4.78 is 0. The zero-order valence-electron chi connectivity index (χ0n) is 11.1. The Kier molecular flexibility index (Phi) is 4.18. The molecule has 2 rings (SSSR count). The maximum atomic E-state index is 12.3. The molecule has 0 saturated heterocycles. The quantitative estimate of drug-likeness (QED) is 0.722. The summed E-state index contributed by atoms with van der Waals surface area (Å²) in [4.78, 5) is 34.3. The molecule has 7 heteroatoms. The molecular formula is C14H15ClN2O4. The standard InChI is InChI=1S/C14H15ClN2O4/c15-9-3-1-8(2-4-9)14(5-6-14)13(21)17-10(12(19)20)7-11(16)18/h1-4,10H,5-7H2,(H2,16,18)(H,17,21)(H,19,20)/t10-/m0/s1. The summed E-state index contributed by atoms with van der Waals surface area (Å²) in [7, 11) is 0. The Morgan fingerprint density at radius 2 is 1.86 bits per heavy atom. The monoisotopic (exact) mass is 310 g/mol. The van der Waals surface area contributed by atoms with E-state index in [1.54, 1.807) is 24.3 Å². The Hall–Kier alpha value is -2.08. The lowest BCUT2D eigenvalue weighted by Crippen LogP contribution is -2.47. The van der Waals surface area contributed by atoms with Crippen molar-refractivity contribution >= 4 is 29.4 Å². The average molecular weight is 311 g/mol. The van der Waals surface area contributed by atoms with E-state index in [0.717, 1.165) is 5.56 Å². The highest BCUT2D eigenvalue weighted by Gasteiger charge is 2.51. The van der Waals surface area contributed by atoms with Gasteiger partial charge in [-0.05, 0) is 30.5 Å². The van der Waals surface area contributed by atoms with Crippen molar-refractivity contribution < 1.29 is 19.5 Å². The Labute approximate surface area is 126 Å². The molecule has 1 aromatic rings.